The van der Waals surface area contributed by atoms with E-state index in [2.05, 4.69) is 5.32 Å². The van der Waals surface area contributed by atoms with Crippen LogP contribution < -0.4 is 5.32 Å². The smallest absolute Gasteiger partial charge is 0.194 e. The molecule has 0 atom stereocenters. The lowest BCUT2D eigenvalue weighted by molar-refractivity contribution is 0.103. The van der Waals surface area contributed by atoms with Gasteiger partial charge in [-0.05, 0) is 48.9 Å². The Bertz CT molecular complexity index is 956. The molecule has 0 spiro atoms. The fourth-order valence-electron chi connectivity index (χ4n) is 2.49. The molecule has 3 aromatic carbocycles. The van der Waals surface area contributed by atoms with Crippen LogP contribution in [-0.4, -0.2) is 5.78 Å². The van der Waals surface area contributed by atoms with E-state index >= 15 is 0 Å². The first-order valence-corrected chi connectivity index (χ1v) is 8.33. The standard InChI is InChI=1S/C20H14Cl2FNO/c1-12-4-2-3-5-15(12)20(25)16-8-6-13(10-18(16)22)24-14-7-9-17(21)19(23)11-14/h2-11,24H,1H3. The molecule has 1 N–H and O–H groups in total. The molecule has 5 heteroatoms. The van der Waals surface area contributed by atoms with Crippen LogP contribution in [0.25, 0.3) is 0 Å². The highest BCUT2D eigenvalue weighted by Crippen LogP contribution is 2.27. The fraction of sp³-hybridized carbons (Fsp3) is 0.0500. The van der Waals surface area contributed by atoms with Gasteiger partial charge in [-0.1, -0.05) is 47.5 Å². The molecule has 0 heterocycles. The molecule has 0 radical (unpaired) electrons. The third-order valence-corrected chi connectivity index (χ3v) is 4.43. The number of anilines is 2. The Balaban J connectivity index is 1.87. The number of carbonyl (C=O) groups excluding carboxylic acids is 1. The molecule has 0 aliphatic carbocycles. The lowest BCUT2D eigenvalue weighted by atomic mass is 9.99. The van der Waals surface area contributed by atoms with Gasteiger partial charge in [-0.2, -0.15) is 0 Å². The van der Waals surface area contributed by atoms with Gasteiger partial charge in [-0.25, -0.2) is 4.39 Å². The summed E-state index contributed by atoms with van der Waals surface area (Å²) in [5.41, 5.74) is 3.11. The van der Waals surface area contributed by atoms with Gasteiger partial charge >= 0.3 is 0 Å². The number of rotatable bonds is 4. The molecule has 3 rings (SSSR count). The van der Waals surface area contributed by atoms with Gasteiger partial charge in [0.15, 0.2) is 5.78 Å². The van der Waals surface area contributed by atoms with Crippen LogP contribution in [0.1, 0.15) is 21.5 Å². The summed E-state index contributed by atoms with van der Waals surface area (Å²) in [4.78, 5) is 12.7. The van der Waals surface area contributed by atoms with Crippen molar-refractivity contribution < 1.29 is 9.18 Å². The van der Waals surface area contributed by atoms with Crippen molar-refractivity contribution in [1.29, 1.82) is 0 Å². The number of aryl methyl sites for hydroxylation is 1. The maximum absolute atomic E-state index is 13.5. The normalized spacial score (nSPS) is 10.6. The van der Waals surface area contributed by atoms with Gasteiger partial charge < -0.3 is 5.32 Å². The van der Waals surface area contributed by atoms with Crippen molar-refractivity contribution in [3.63, 3.8) is 0 Å². The first-order valence-electron chi connectivity index (χ1n) is 7.57. The summed E-state index contributed by atoms with van der Waals surface area (Å²) >= 11 is 12.0. The van der Waals surface area contributed by atoms with E-state index in [1.165, 1.54) is 12.1 Å². The summed E-state index contributed by atoms with van der Waals surface area (Å²) in [7, 11) is 0. The maximum Gasteiger partial charge on any atom is 0.194 e. The second-order valence-corrected chi connectivity index (χ2v) is 6.41. The number of nitrogens with one attached hydrogen (secondary N) is 1. The van der Waals surface area contributed by atoms with Gasteiger partial charge in [0.25, 0.3) is 0 Å². The van der Waals surface area contributed by atoms with Gasteiger partial charge in [0.2, 0.25) is 0 Å². The number of halogens is 3. The largest absolute Gasteiger partial charge is 0.355 e. The molecule has 0 aromatic heterocycles. The second kappa shape index (κ2) is 7.26. The van der Waals surface area contributed by atoms with Crippen molar-refractivity contribution in [2.45, 2.75) is 6.92 Å². The number of ketones is 1. The number of hydrogen-bond acceptors (Lipinski definition) is 2. The Morgan fingerprint density at radius 2 is 1.56 bits per heavy atom. The molecule has 0 amide bonds. The Kier molecular flexibility index (Phi) is 5.07. The average molecular weight is 374 g/mol. The quantitative estimate of drug-likeness (QED) is 0.534. The summed E-state index contributed by atoms with van der Waals surface area (Å²) < 4.78 is 13.5. The SMILES string of the molecule is Cc1ccccc1C(=O)c1ccc(Nc2ccc(Cl)c(F)c2)cc1Cl. The van der Waals surface area contributed by atoms with Gasteiger partial charge in [0, 0.05) is 22.5 Å². The molecule has 2 nitrogen and oxygen atoms in total. The molecule has 126 valence electrons. The number of carbonyl (C=O) groups is 1. The minimum absolute atomic E-state index is 0.0581. The minimum Gasteiger partial charge on any atom is -0.355 e. The van der Waals surface area contributed by atoms with Crippen LogP contribution in [0.4, 0.5) is 15.8 Å². The van der Waals surface area contributed by atoms with E-state index < -0.39 is 5.82 Å². The van der Waals surface area contributed by atoms with Crippen molar-refractivity contribution >= 4 is 40.4 Å². The van der Waals surface area contributed by atoms with Crippen molar-refractivity contribution in [1.82, 2.24) is 0 Å². The molecule has 0 bridgehead atoms. The highest BCUT2D eigenvalue weighted by molar-refractivity contribution is 6.35. The highest BCUT2D eigenvalue weighted by Gasteiger charge is 2.15. The highest BCUT2D eigenvalue weighted by atomic mass is 35.5. The Morgan fingerprint density at radius 3 is 2.24 bits per heavy atom. The van der Waals surface area contributed by atoms with Crippen molar-refractivity contribution in [2.75, 3.05) is 5.32 Å². The number of benzene rings is 3. The molecule has 0 aliphatic heterocycles. The van der Waals surface area contributed by atoms with Gasteiger partial charge in [-0.3, -0.25) is 4.79 Å². The third-order valence-electron chi connectivity index (χ3n) is 3.81. The van der Waals surface area contributed by atoms with E-state index in [1.54, 1.807) is 30.3 Å². The molecular weight excluding hydrogens is 360 g/mol. The number of hydrogen-bond donors (Lipinski definition) is 1. The molecule has 0 fully saturated rings. The predicted molar refractivity (Wildman–Crippen MR) is 101 cm³/mol. The summed E-state index contributed by atoms with van der Waals surface area (Å²) in [6.07, 6.45) is 0. The van der Waals surface area contributed by atoms with Crippen molar-refractivity contribution in [3.05, 3.63) is 93.2 Å². The van der Waals surface area contributed by atoms with E-state index in [1.807, 2.05) is 25.1 Å². The maximum atomic E-state index is 13.5. The Labute approximate surface area is 155 Å². The second-order valence-electron chi connectivity index (χ2n) is 5.59. The average Bonchev–Trinajstić information content (AvgIpc) is 2.58. The summed E-state index contributed by atoms with van der Waals surface area (Å²) in [6, 6.07) is 16.8. The summed E-state index contributed by atoms with van der Waals surface area (Å²) in [6.45, 7) is 1.88. The topological polar surface area (TPSA) is 29.1 Å². The zero-order valence-electron chi connectivity index (χ0n) is 13.3. The lowest BCUT2D eigenvalue weighted by Gasteiger charge is -2.11. The molecular formula is C20H14Cl2FNO. The third kappa shape index (κ3) is 3.84. The first-order chi connectivity index (χ1) is 12.0. The summed E-state index contributed by atoms with van der Waals surface area (Å²) in [5, 5.41) is 3.42. The summed E-state index contributed by atoms with van der Waals surface area (Å²) in [5.74, 6) is -0.642. The molecule has 0 saturated heterocycles. The van der Waals surface area contributed by atoms with Crippen LogP contribution in [0.5, 0.6) is 0 Å². The van der Waals surface area contributed by atoms with Gasteiger partial charge in [0.1, 0.15) is 5.82 Å². The zero-order valence-corrected chi connectivity index (χ0v) is 14.8. The predicted octanol–water partition coefficient (Wildman–Crippen LogP) is 6.42. The van der Waals surface area contributed by atoms with E-state index in [9.17, 15) is 9.18 Å². The minimum atomic E-state index is -0.510. The molecule has 0 aliphatic rings. The zero-order chi connectivity index (χ0) is 18.0. The van der Waals surface area contributed by atoms with E-state index in [0.29, 0.717) is 27.5 Å². The van der Waals surface area contributed by atoms with Crippen LogP contribution >= 0.6 is 23.2 Å². The molecule has 3 aromatic rings. The van der Waals surface area contributed by atoms with Crippen molar-refractivity contribution in [2.24, 2.45) is 0 Å². The lowest BCUT2D eigenvalue weighted by Crippen LogP contribution is -2.04. The van der Waals surface area contributed by atoms with E-state index in [4.69, 9.17) is 23.2 Å². The van der Waals surface area contributed by atoms with Gasteiger partial charge in [-0.15, -0.1) is 0 Å². The molecule has 0 saturated carbocycles. The van der Waals surface area contributed by atoms with Crippen LogP contribution in [0.3, 0.4) is 0 Å². The Hall–Kier alpha value is -2.36. The van der Waals surface area contributed by atoms with E-state index in [0.717, 1.165) is 5.56 Å². The van der Waals surface area contributed by atoms with Gasteiger partial charge in [0.05, 0.1) is 10.0 Å². The van der Waals surface area contributed by atoms with Crippen LogP contribution in [0.15, 0.2) is 60.7 Å². The molecule has 0 unspecified atom stereocenters. The molecule has 25 heavy (non-hydrogen) atoms. The van der Waals surface area contributed by atoms with E-state index in [-0.39, 0.29) is 10.8 Å². The monoisotopic (exact) mass is 373 g/mol. The fourth-order valence-corrected chi connectivity index (χ4v) is 2.87. The van der Waals surface area contributed by atoms with Crippen molar-refractivity contribution in [3.8, 4) is 0 Å². The first kappa shape index (κ1) is 17.5. The Morgan fingerprint density at radius 1 is 0.880 bits per heavy atom. The van der Waals surface area contributed by atoms with Crippen LogP contribution in [0, 0.1) is 12.7 Å². The van der Waals surface area contributed by atoms with Crippen LogP contribution in [0.2, 0.25) is 10.0 Å². The van der Waals surface area contributed by atoms with Crippen LogP contribution in [-0.2, 0) is 0 Å².